The van der Waals surface area contributed by atoms with Crippen LogP contribution in [0.25, 0.3) is 66.6 Å². The van der Waals surface area contributed by atoms with E-state index in [1.807, 2.05) is 12.1 Å². The molecule has 1 aliphatic carbocycles. The van der Waals surface area contributed by atoms with E-state index in [1.54, 1.807) is 0 Å². The van der Waals surface area contributed by atoms with Gasteiger partial charge in [-0.05, 0) is 85.6 Å². The third kappa shape index (κ3) is 4.65. The van der Waals surface area contributed by atoms with Gasteiger partial charge in [-0.2, -0.15) is 0 Å². The van der Waals surface area contributed by atoms with Crippen LogP contribution >= 0.6 is 0 Å². The zero-order valence-electron chi connectivity index (χ0n) is 27.9. The van der Waals surface area contributed by atoms with Gasteiger partial charge in [-0.25, -0.2) is 9.97 Å². The van der Waals surface area contributed by atoms with Crippen molar-refractivity contribution in [3.63, 3.8) is 0 Å². The topological polar surface area (TPSA) is 25.8 Å². The quantitative estimate of drug-likeness (QED) is 0.186. The highest BCUT2D eigenvalue weighted by Gasteiger charge is 2.46. The highest BCUT2D eigenvalue weighted by atomic mass is 14.9. The van der Waals surface area contributed by atoms with Crippen LogP contribution in [0.5, 0.6) is 0 Å². The Balaban J connectivity index is 1.14. The summed E-state index contributed by atoms with van der Waals surface area (Å²) in [6.45, 7) is 0. The highest BCUT2D eigenvalue weighted by Crippen LogP contribution is 2.56. The van der Waals surface area contributed by atoms with Gasteiger partial charge in [-0.3, -0.25) is 0 Å². The summed E-state index contributed by atoms with van der Waals surface area (Å²) in [6, 6.07) is 69.9. The van der Waals surface area contributed by atoms with E-state index >= 15 is 0 Å². The number of fused-ring (bicyclic) bond motifs is 5. The Morgan fingerprint density at radius 3 is 1.76 bits per heavy atom. The maximum atomic E-state index is 5.15. The van der Waals surface area contributed by atoms with Crippen molar-refractivity contribution >= 4 is 21.7 Å². The van der Waals surface area contributed by atoms with Crippen LogP contribution in [-0.2, 0) is 5.41 Å². The first-order valence-electron chi connectivity index (χ1n) is 17.5. The van der Waals surface area contributed by atoms with Gasteiger partial charge >= 0.3 is 0 Å². The Morgan fingerprint density at radius 2 is 0.980 bits per heavy atom. The number of hydrogen-bond acceptors (Lipinski definition) is 2. The standard InChI is InChI=1S/C49H32N2/c1-4-15-33(16-5-1)47-42-24-11-13-26-46(42)50-48(51-47)37-18-14-17-34(29-37)35-27-28-36-31-43-41-23-10-12-25-44(41)49(39-19-6-2-7-20-39,40-21-8-3-9-22-40)45(43)32-38(36)30-35/h1-32H. The van der Waals surface area contributed by atoms with Gasteiger partial charge in [-0.1, -0.05) is 164 Å². The molecular weight excluding hydrogens is 617 g/mol. The lowest BCUT2D eigenvalue weighted by molar-refractivity contribution is 0.769. The van der Waals surface area contributed by atoms with E-state index in [0.717, 1.165) is 44.7 Å². The first kappa shape index (κ1) is 29.3. The van der Waals surface area contributed by atoms with Gasteiger partial charge in [0, 0.05) is 16.5 Å². The average molecular weight is 649 g/mol. The predicted molar refractivity (Wildman–Crippen MR) is 211 cm³/mol. The molecule has 0 unspecified atom stereocenters. The third-order valence-electron chi connectivity index (χ3n) is 10.5. The minimum atomic E-state index is -0.428. The number of aromatic nitrogens is 2. The molecule has 0 radical (unpaired) electrons. The second-order valence-corrected chi connectivity index (χ2v) is 13.3. The largest absolute Gasteiger partial charge is 0.228 e. The van der Waals surface area contributed by atoms with E-state index in [2.05, 4.69) is 182 Å². The summed E-state index contributed by atoms with van der Waals surface area (Å²) >= 11 is 0. The summed E-state index contributed by atoms with van der Waals surface area (Å²) in [5.41, 5.74) is 13.6. The molecule has 0 saturated carbocycles. The molecule has 51 heavy (non-hydrogen) atoms. The van der Waals surface area contributed by atoms with E-state index in [-0.39, 0.29) is 0 Å². The van der Waals surface area contributed by atoms with Crippen molar-refractivity contribution < 1.29 is 0 Å². The van der Waals surface area contributed by atoms with Crippen molar-refractivity contribution in [3.05, 3.63) is 216 Å². The Kier molecular flexibility index (Phi) is 6.75. The van der Waals surface area contributed by atoms with Crippen molar-refractivity contribution in [1.29, 1.82) is 0 Å². The van der Waals surface area contributed by atoms with Gasteiger partial charge in [0.15, 0.2) is 5.82 Å². The van der Waals surface area contributed by atoms with Gasteiger partial charge in [0.25, 0.3) is 0 Å². The third-order valence-corrected chi connectivity index (χ3v) is 10.5. The van der Waals surface area contributed by atoms with Crippen molar-refractivity contribution in [2.24, 2.45) is 0 Å². The van der Waals surface area contributed by atoms with Crippen LogP contribution in [0.3, 0.4) is 0 Å². The molecule has 10 rings (SSSR count). The maximum absolute atomic E-state index is 5.15. The minimum Gasteiger partial charge on any atom is -0.228 e. The predicted octanol–water partition coefficient (Wildman–Crippen LogP) is 12.1. The summed E-state index contributed by atoms with van der Waals surface area (Å²) in [5.74, 6) is 0.723. The lowest BCUT2D eigenvalue weighted by atomic mass is 9.67. The smallest absolute Gasteiger partial charge is 0.160 e. The maximum Gasteiger partial charge on any atom is 0.160 e. The van der Waals surface area contributed by atoms with Crippen LogP contribution in [-0.4, -0.2) is 9.97 Å². The summed E-state index contributed by atoms with van der Waals surface area (Å²) in [5, 5.41) is 3.50. The fraction of sp³-hybridized carbons (Fsp3) is 0.0204. The van der Waals surface area contributed by atoms with E-state index in [9.17, 15) is 0 Å². The fourth-order valence-corrected chi connectivity index (χ4v) is 8.23. The van der Waals surface area contributed by atoms with Crippen molar-refractivity contribution in [2.75, 3.05) is 0 Å². The van der Waals surface area contributed by atoms with Crippen LogP contribution in [0, 0.1) is 0 Å². The molecule has 238 valence electrons. The number of hydrogen-bond donors (Lipinski definition) is 0. The molecule has 1 heterocycles. The number of nitrogens with zero attached hydrogens (tertiary/aromatic N) is 2. The molecule has 0 aliphatic heterocycles. The molecule has 9 aromatic rings. The zero-order chi connectivity index (χ0) is 33.8. The monoisotopic (exact) mass is 648 g/mol. The molecule has 0 saturated heterocycles. The lowest BCUT2D eigenvalue weighted by Crippen LogP contribution is -2.28. The Bertz CT molecular complexity index is 2690. The summed E-state index contributed by atoms with van der Waals surface area (Å²) in [7, 11) is 0. The molecule has 2 heteroatoms. The fourth-order valence-electron chi connectivity index (χ4n) is 8.23. The number of rotatable bonds is 5. The van der Waals surface area contributed by atoms with Crippen molar-refractivity contribution in [3.8, 4) is 44.9 Å². The lowest BCUT2D eigenvalue weighted by Gasteiger charge is -2.34. The first-order chi connectivity index (χ1) is 25.3. The summed E-state index contributed by atoms with van der Waals surface area (Å²) < 4.78 is 0. The SMILES string of the molecule is c1ccc(-c2nc(-c3cccc(-c4ccc5cc6c(cc5c4)C(c4ccccc4)(c4ccccc4)c4ccccc4-6)c3)nc3ccccc23)cc1. The summed E-state index contributed by atoms with van der Waals surface area (Å²) in [6.07, 6.45) is 0. The molecule has 0 spiro atoms. The van der Waals surface area contributed by atoms with Crippen LogP contribution in [0.1, 0.15) is 22.3 Å². The van der Waals surface area contributed by atoms with Crippen LogP contribution in [0.2, 0.25) is 0 Å². The molecule has 1 aromatic heterocycles. The number of benzene rings is 8. The van der Waals surface area contributed by atoms with E-state index in [0.29, 0.717) is 0 Å². The molecule has 1 aliphatic rings. The van der Waals surface area contributed by atoms with E-state index in [4.69, 9.17) is 9.97 Å². The van der Waals surface area contributed by atoms with Gasteiger partial charge in [0.2, 0.25) is 0 Å². The molecule has 8 aromatic carbocycles. The molecule has 0 bridgehead atoms. The van der Waals surface area contributed by atoms with Gasteiger partial charge in [-0.15, -0.1) is 0 Å². The molecule has 0 atom stereocenters. The summed E-state index contributed by atoms with van der Waals surface area (Å²) in [4.78, 5) is 10.2. The molecule has 0 amide bonds. The Morgan fingerprint density at radius 1 is 0.353 bits per heavy atom. The molecular formula is C49H32N2. The van der Waals surface area contributed by atoms with E-state index < -0.39 is 5.41 Å². The molecule has 2 nitrogen and oxygen atoms in total. The van der Waals surface area contributed by atoms with Gasteiger partial charge < -0.3 is 0 Å². The highest BCUT2D eigenvalue weighted by molar-refractivity contribution is 5.98. The van der Waals surface area contributed by atoms with E-state index in [1.165, 1.54) is 44.2 Å². The average Bonchev–Trinajstić information content (AvgIpc) is 3.50. The minimum absolute atomic E-state index is 0.428. The Hall–Kier alpha value is -6.64. The second-order valence-electron chi connectivity index (χ2n) is 13.3. The molecule has 0 fully saturated rings. The first-order valence-corrected chi connectivity index (χ1v) is 17.5. The van der Waals surface area contributed by atoms with Gasteiger partial charge in [0.05, 0.1) is 16.6 Å². The van der Waals surface area contributed by atoms with Crippen LogP contribution in [0.15, 0.2) is 194 Å². The molecule has 0 N–H and O–H groups in total. The van der Waals surface area contributed by atoms with Gasteiger partial charge in [0.1, 0.15) is 0 Å². The Labute approximate surface area is 297 Å². The van der Waals surface area contributed by atoms with Crippen molar-refractivity contribution in [1.82, 2.24) is 9.97 Å². The second kappa shape index (κ2) is 11.8. The normalized spacial score (nSPS) is 12.9. The van der Waals surface area contributed by atoms with Crippen LogP contribution < -0.4 is 0 Å². The number of para-hydroxylation sites is 1. The van der Waals surface area contributed by atoms with Crippen LogP contribution in [0.4, 0.5) is 0 Å². The van der Waals surface area contributed by atoms with Crippen molar-refractivity contribution in [2.45, 2.75) is 5.41 Å². The zero-order valence-corrected chi connectivity index (χ0v) is 27.9.